The molecule has 0 aliphatic heterocycles. The van der Waals surface area contributed by atoms with Gasteiger partial charge in [0.2, 0.25) is 5.75 Å². The largest absolute Gasteiger partial charge is 0.478 e. The number of carbonyl (C=O) groups is 1. The highest BCUT2D eigenvalue weighted by Gasteiger charge is 2.18. The maximum absolute atomic E-state index is 10.9. The number of ether oxygens (including phenoxy) is 1. The summed E-state index contributed by atoms with van der Waals surface area (Å²) in [6.45, 7) is -0.130. The molecule has 2 aromatic carbocycles. The second-order valence-corrected chi connectivity index (χ2v) is 4.15. The zero-order chi connectivity index (χ0) is 15.4. The van der Waals surface area contributed by atoms with Gasteiger partial charge in [0.25, 0.3) is 0 Å². The molecule has 108 valence electrons. The van der Waals surface area contributed by atoms with Crippen LogP contribution in [0.5, 0.6) is 11.5 Å². The van der Waals surface area contributed by atoms with Crippen LogP contribution in [0.4, 0.5) is 5.69 Å². The molecule has 7 nitrogen and oxygen atoms in total. The highest BCUT2D eigenvalue weighted by atomic mass is 16.6. The van der Waals surface area contributed by atoms with E-state index in [1.54, 1.807) is 12.1 Å². The summed E-state index contributed by atoms with van der Waals surface area (Å²) in [4.78, 5) is 21.2. The van der Waals surface area contributed by atoms with Crippen LogP contribution in [0.15, 0.2) is 42.5 Å². The third-order valence-electron chi connectivity index (χ3n) is 2.74. The highest BCUT2D eigenvalue weighted by molar-refractivity contribution is 5.88. The second-order valence-electron chi connectivity index (χ2n) is 4.15. The van der Waals surface area contributed by atoms with Gasteiger partial charge >= 0.3 is 11.7 Å². The molecule has 2 N–H and O–H groups in total. The standard InChI is InChI=1S/C14H11NO6/c16-8-9-1-4-11(5-2-9)21-13-7-10(14(17)18)3-6-12(13)15(19)20/h1-7,16H,8H2,(H,17,18). The molecule has 0 atom stereocenters. The predicted molar refractivity (Wildman–Crippen MR) is 72.5 cm³/mol. The molecule has 0 amide bonds. The van der Waals surface area contributed by atoms with Gasteiger partial charge in [-0.1, -0.05) is 12.1 Å². The first kappa shape index (κ1) is 14.5. The zero-order valence-electron chi connectivity index (χ0n) is 10.7. The Morgan fingerprint density at radius 2 is 1.86 bits per heavy atom. The Bertz CT molecular complexity index is 680. The number of benzene rings is 2. The number of carboxylic acid groups (broad SMARTS) is 1. The lowest BCUT2D eigenvalue weighted by molar-refractivity contribution is -0.385. The van der Waals surface area contributed by atoms with Crippen molar-refractivity contribution in [3.8, 4) is 11.5 Å². The number of aliphatic hydroxyl groups excluding tert-OH is 1. The van der Waals surface area contributed by atoms with Crippen LogP contribution in [0.3, 0.4) is 0 Å². The van der Waals surface area contributed by atoms with Crippen molar-refractivity contribution in [3.05, 3.63) is 63.7 Å². The lowest BCUT2D eigenvalue weighted by atomic mass is 10.2. The molecular weight excluding hydrogens is 278 g/mol. The molecular formula is C14H11NO6. The molecule has 0 fully saturated rings. The van der Waals surface area contributed by atoms with Crippen molar-refractivity contribution >= 4 is 11.7 Å². The Labute approximate surface area is 119 Å². The van der Waals surface area contributed by atoms with Crippen LogP contribution >= 0.6 is 0 Å². The van der Waals surface area contributed by atoms with Crippen LogP contribution in [0, 0.1) is 10.1 Å². The number of nitrogens with zero attached hydrogens (tertiary/aromatic N) is 1. The van der Waals surface area contributed by atoms with E-state index in [1.165, 1.54) is 12.1 Å². The van der Waals surface area contributed by atoms with E-state index in [0.29, 0.717) is 11.3 Å². The Morgan fingerprint density at radius 1 is 1.19 bits per heavy atom. The lowest BCUT2D eigenvalue weighted by Crippen LogP contribution is -1.99. The van der Waals surface area contributed by atoms with Crippen molar-refractivity contribution in [2.75, 3.05) is 0 Å². The third kappa shape index (κ3) is 3.34. The fraction of sp³-hybridized carbons (Fsp3) is 0.0714. The first-order valence-corrected chi connectivity index (χ1v) is 5.90. The van der Waals surface area contributed by atoms with Crippen molar-refractivity contribution in [1.29, 1.82) is 0 Å². The summed E-state index contributed by atoms with van der Waals surface area (Å²) < 4.78 is 5.37. The van der Waals surface area contributed by atoms with Crippen LogP contribution in [-0.2, 0) is 6.61 Å². The van der Waals surface area contributed by atoms with Gasteiger partial charge in [-0.05, 0) is 23.8 Å². The van der Waals surface area contributed by atoms with E-state index < -0.39 is 10.9 Å². The van der Waals surface area contributed by atoms with E-state index in [0.717, 1.165) is 18.2 Å². The van der Waals surface area contributed by atoms with Crippen LogP contribution in [0.25, 0.3) is 0 Å². The molecule has 0 spiro atoms. The van der Waals surface area contributed by atoms with Crippen LogP contribution in [0.1, 0.15) is 15.9 Å². The Morgan fingerprint density at radius 3 is 2.38 bits per heavy atom. The Kier molecular flexibility index (Phi) is 4.15. The van der Waals surface area contributed by atoms with Gasteiger partial charge in [0.05, 0.1) is 17.1 Å². The number of nitro benzene ring substituents is 1. The summed E-state index contributed by atoms with van der Waals surface area (Å²) >= 11 is 0. The molecule has 2 aromatic rings. The monoisotopic (exact) mass is 289 g/mol. The number of aliphatic hydroxyl groups is 1. The molecule has 2 rings (SSSR count). The Hall–Kier alpha value is -2.93. The van der Waals surface area contributed by atoms with E-state index in [-0.39, 0.29) is 23.6 Å². The molecule has 0 radical (unpaired) electrons. The number of nitro groups is 1. The molecule has 0 bridgehead atoms. The smallest absolute Gasteiger partial charge is 0.335 e. The average molecular weight is 289 g/mol. The summed E-state index contributed by atoms with van der Waals surface area (Å²) in [5.41, 5.74) is 0.227. The van der Waals surface area contributed by atoms with Crippen molar-refractivity contribution in [2.45, 2.75) is 6.61 Å². The normalized spacial score (nSPS) is 10.1. The summed E-state index contributed by atoms with van der Waals surface area (Å²) in [6, 6.07) is 9.58. The number of hydrogen-bond acceptors (Lipinski definition) is 5. The van der Waals surface area contributed by atoms with Gasteiger partial charge in [-0.15, -0.1) is 0 Å². The van der Waals surface area contributed by atoms with E-state index in [2.05, 4.69) is 0 Å². The Balaban J connectivity index is 2.37. The number of rotatable bonds is 5. The number of carboxylic acids is 1. The van der Waals surface area contributed by atoms with Crippen LogP contribution in [-0.4, -0.2) is 21.1 Å². The topological polar surface area (TPSA) is 110 Å². The van der Waals surface area contributed by atoms with Gasteiger partial charge in [-0.2, -0.15) is 0 Å². The van der Waals surface area contributed by atoms with Crippen molar-refractivity contribution in [3.63, 3.8) is 0 Å². The minimum Gasteiger partial charge on any atom is -0.478 e. The summed E-state index contributed by atoms with van der Waals surface area (Å²) in [7, 11) is 0. The average Bonchev–Trinajstić information content (AvgIpc) is 2.47. The summed E-state index contributed by atoms with van der Waals surface area (Å²) in [5, 5.41) is 28.8. The first-order valence-electron chi connectivity index (χ1n) is 5.90. The van der Waals surface area contributed by atoms with Crippen molar-refractivity contribution in [1.82, 2.24) is 0 Å². The minimum absolute atomic E-state index is 0.109. The summed E-state index contributed by atoms with van der Waals surface area (Å²) in [5.74, 6) is -1.06. The minimum atomic E-state index is -1.20. The van der Waals surface area contributed by atoms with Crippen LogP contribution < -0.4 is 4.74 Å². The first-order chi connectivity index (χ1) is 10.0. The molecule has 0 aliphatic carbocycles. The maximum atomic E-state index is 10.9. The fourth-order valence-corrected chi connectivity index (χ4v) is 1.67. The SMILES string of the molecule is O=C(O)c1ccc([N+](=O)[O-])c(Oc2ccc(CO)cc2)c1. The maximum Gasteiger partial charge on any atom is 0.335 e. The molecule has 7 heteroatoms. The van der Waals surface area contributed by atoms with Crippen LogP contribution in [0.2, 0.25) is 0 Å². The predicted octanol–water partition coefficient (Wildman–Crippen LogP) is 2.58. The lowest BCUT2D eigenvalue weighted by Gasteiger charge is -2.07. The van der Waals surface area contributed by atoms with E-state index in [9.17, 15) is 14.9 Å². The number of hydrogen-bond donors (Lipinski definition) is 2. The molecule has 0 heterocycles. The van der Waals surface area contributed by atoms with Gasteiger partial charge in [0.1, 0.15) is 5.75 Å². The quantitative estimate of drug-likeness (QED) is 0.646. The van der Waals surface area contributed by atoms with Gasteiger partial charge in [-0.25, -0.2) is 4.79 Å². The van der Waals surface area contributed by atoms with Gasteiger partial charge in [0.15, 0.2) is 0 Å². The zero-order valence-corrected chi connectivity index (χ0v) is 10.7. The molecule has 0 unspecified atom stereocenters. The van der Waals surface area contributed by atoms with Gasteiger partial charge in [-0.3, -0.25) is 10.1 Å². The third-order valence-corrected chi connectivity index (χ3v) is 2.74. The van der Waals surface area contributed by atoms with Gasteiger partial charge in [0, 0.05) is 12.1 Å². The molecule has 0 saturated heterocycles. The highest BCUT2D eigenvalue weighted by Crippen LogP contribution is 2.32. The number of aromatic carboxylic acids is 1. The van der Waals surface area contributed by atoms with E-state index >= 15 is 0 Å². The fourth-order valence-electron chi connectivity index (χ4n) is 1.67. The summed E-state index contributed by atoms with van der Waals surface area (Å²) in [6.07, 6.45) is 0. The van der Waals surface area contributed by atoms with E-state index in [1.807, 2.05) is 0 Å². The molecule has 0 aliphatic rings. The van der Waals surface area contributed by atoms with Crippen molar-refractivity contribution < 1.29 is 24.7 Å². The van der Waals surface area contributed by atoms with E-state index in [4.69, 9.17) is 14.9 Å². The van der Waals surface area contributed by atoms with Gasteiger partial charge < -0.3 is 14.9 Å². The second kappa shape index (κ2) is 6.02. The molecule has 21 heavy (non-hydrogen) atoms. The van der Waals surface area contributed by atoms with Crippen molar-refractivity contribution in [2.24, 2.45) is 0 Å². The molecule has 0 aromatic heterocycles. The molecule has 0 saturated carbocycles.